The highest BCUT2D eigenvalue weighted by Gasteiger charge is 2.14. The molecule has 2 rings (SSSR count). The van der Waals surface area contributed by atoms with Crippen molar-refractivity contribution in [2.45, 2.75) is 26.7 Å². The van der Waals surface area contributed by atoms with Crippen LogP contribution in [0.15, 0.2) is 42.5 Å². The number of phenols is 1. The average molecular weight is 226 g/mol. The van der Waals surface area contributed by atoms with Crippen molar-refractivity contribution < 1.29 is 5.11 Å². The molecule has 0 radical (unpaired) electrons. The molecule has 0 unspecified atom stereocenters. The summed E-state index contributed by atoms with van der Waals surface area (Å²) >= 11 is 0. The molecule has 0 aromatic heterocycles. The van der Waals surface area contributed by atoms with Crippen LogP contribution in [0.5, 0.6) is 5.75 Å². The van der Waals surface area contributed by atoms with E-state index >= 15 is 0 Å². The van der Waals surface area contributed by atoms with Crippen molar-refractivity contribution in [2.75, 3.05) is 0 Å². The van der Waals surface area contributed by atoms with E-state index in [-0.39, 0.29) is 5.92 Å². The van der Waals surface area contributed by atoms with Gasteiger partial charge in [-0.05, 0) is 25.0 Å². The molecule has 88 valence electrons. The van der Waals surface area contributed by atoms with E-state index < -0.39 is 0 Å². The van der Waals surface area contributed by atoms with Gasteiger partial charge in [-0.2, -0.15) is 0 Å². The molecule has 0 bridgehead atoms. The van der Waals surface area contributed by atoms with Crippen LogP contribution >= 0.6 is 0 Å². The first-order valence-electron chi connectivity index (χ1n) is 5.94. The lowest BCUT2D eigenvalue weighted by atomic mass is 9.90. The van der Waals surface area contributed by atoms with Crippen LogP contribution in [0.3, 0.4) is 0 Å². The van der Waals surface area contributed by atoms with Crippen LogP contribution in [0.25, 0.3) is 0 Å². The summed E-state index contributed by atoms with van der Waals surface area (Å²) in [6.45, 7) is 6.14. The van der Waals surface area contributed by atoms with Gasteiger partial charge in [0.2, 0.25) is 0 Å². The highest BCUT2D eigenvalue weighted by Crippen LogP contribution is 2.33. The van der Waals surface area contributed by atoms with Crippen molar-refractivity contribution in [1.82, 2.24) is 0 Å². The summed E-state index contributed by atoms with van der Waals surface area (Å²) in [5.41, 5.74) is 4.38. The largest absolute Gasteiger partial charge is 0.507 e. The lowest BCUT2D eigenvalue weighted by molar-refractivity contribution is 0.461. The Balaban J connectivity index is 2.48. The summed E-state index contributed by atoms with van der Waals surface area (Å²) in [7, 11) is 0. The molecule has 0 heterocycles. The van der Waals surface area contributed by atoms with E-state index in [2.05, 4.69) is 32.0 Å². The molecule has 0 fully saturated rings. The maximum absolute atomic E-state index is 10.2. The molecule has 2 aromatic carbocycles. The lowest BCUT2D eigenvalue weighted by Crippen LogP contribution is -1.98. The summed E-state index contributed by atoms with van der Waals surface area (Å²) in [4.78, 5) is 0. The van der Waals surface area contributed by atoms with Gasteiger partial charge in [0.15, 0.2) is 0 Å². The Morgan fingerprint density at radius 1 is 1.00 bits per heavy atom. The van der Waals surface area contributed by atoms with Gasteiger partial charge in [-0.25, -0.2) is 0 Å². The molecule has 0 aliphatic rings. The van der Waals surface area contributed by atoms with Gasteiger partial charge in [0.25, 0.3) is 0 Å². The number of phenolic OH excluding ortho intramolecular Hbond substituents is 1. The van der Waals surface area contributed by atoms with E-state index in [1.54, 1.807) is 0 Å². The Hall–Kier alpha value is -1.76. The first-order valence-corrected chi connectivity index (χ1v) is 5.94. The zero-order valence-corrected chi connectivity index (χ0v) is 10.6. The quantitative estimate of drug-likeness (QED) is 0.815. The molecule has 0 saturated heterocycles. The molecular weight excluding hydrogens is 208 g/mol. The molecule has 1 nitrogen and oxygen atoms in total. The summed E-state index contributed by atoms with van der Waals surface area (Å²) in [6, 6.07) is 14.4. The minimum Gasteiger partial charge on any atom is -0.507 e. The zero-order chi connectivity index (χ0) is 12.4. The molecule has 17 heavy (non-hydrogen) atoms. The van der Waals surface area contributed by atoms with Crippen molar-refractivity contribution in [3.05, 3.63) is 64.7 Å². The van der Waals surface area contributed by atoms with Gasteiger partial charge in [0, 0.05) is 11.5 Å². The van der Waals surface area contributed by atoms with E-state index in [1.165, 1.54) is 11.1 Å². The van der Waals surface area contributed by atoms with E-state index in [0.717, 1.165) is 11.1 Å². The van der Waals surface area contributed by atoms with Crippen LogP contribution in [0.1, 0.15) is 35.1 Å². The maximum Gasteiger partial charge on any atom is 0.122 e. The van der Waals surface area contributed by atoms with Gasteiger partial charge in [0.1, 0.15) is 5.75 Å². The van der Waals surface area contributed by atoms with Gasteiger partial charge in [-0.15, -0.1) is 0 Å². The van der Waals surface area contributed by atoms with Crippen molar-refractivity contribution >= 4 is 0 Å². The molecular formula is C16H18O. The molecule has 0 spiro atoms. The topological polar surface area (TPSA) is 20.2 Å². The smallest absolute Gasteiger partial charge is 0.122 e. The summed E-state index contributed by atoms with van der Waals surface area (Å²) < 4.78 is 0. The van der Waals surface area contributed by atoms with E-state index in [1.807, 2.05) is 31.2 Å². The van der Waals surface area contributed by atoms with E-state index in [9.17, 15) is 5.11 Å². The summed E-state index contributed by atoms with van der Waals surface area (Å²) in [5, 5.41) is 10.2. The van der Waals surface area contributed by atoms with Crippen LogP contribution in [-0.4, -0.2) is 5.11 Å². The standard InChI is InChI=1S/C16H18O/c1-11-9-12(2)16(17)15(10-11)13(3)14-7-5-4-6-8-14/h4-10,13,17H,1-3H3/t13-/m0/s1. The Bertz CT molecular complexity index is 515. The van der Waals surface area contributed by atoms with Crippen molar-refractivity contribution in [3.63, 3.8) is 0 Å². The molecule has 1 atom stereocenters. The second kappa shape index (κ2) is 4.62. The Morgan fingerprint density at radius 2 is 1.65 bits per heavy atom. The first kappa shape index (κ1) is 11.7. The third kappa shape index (κ3) is 2.33. The van der Waals surface area contributed by atoms with Crippen LogP contribution in [0.4, 0.5) is 0 Å². The number of benzene rings is 2. The lowest BCUT2D eigenvalue weighted by Gasteiger charge is -2.16. The second-order valence-electron chi connectivity index (χ2n) is 4.65. The number of rotatable bonds is 2. The minimum absolute atomic E-state index is 0.217. The number of aromatic hydroxyl groups is 1. The molecule has 0 saturated carbocycles. The fourth-order valence-electron chi connectivity index (χ4n) is 2.24. The molecule has 2 aromatic rings. The van der Waals surface area contributed by atoms with Gasteiger partial charge in [0.05, 0.1) is 0 Å². The van der Waals surface area contributed by atoms with Gasteiger partial charge in [-0.1, -0.05) is 55.0 Å². The highest BCUT2D eigenvalue weighted by molar-refractivity contribution is 5.47. The van der Waals surface area contributed by atoms with Crippen LogP contribution in [-0.2, 0) is 0 Å². The van der Waals surface area contributed by atoms with Crippen molar-refractivity contribution in [1.29, 1.82) is 0 Å². The summed E-state index contributed by atoms with van der Waals surface area (Å²) in [5.74, 6) is 0.641. The molecule has 0 amide bonds. The van der Waals surface area contributed by atoms with Crippen molar-refractivity contribution in [2.24, 2.45) is 0 Å². The number of aryl methyl sites for hydroxylation is 2. The Labute approximate surface area is 103 Å². The number of hydrogen-bond acceptors (Lipinski definition) is 1. The average Bonchev–Trinajstić information content (AvgIpc) is 2.34. The van der Waals surface area contributed by atoms with Gasteiger partial charge in [-0.3, -0.25) is 0 Å². The van der Waals surface area contributed by atoms with Crippen LogP contribution in [0.2, 0.25) is 0 Å². The monoisotopic (exact) mass is 226 g/mol. The molecule has 1 heteroatoms. The van der Waals surface area contributed by atoms with Crippen molar-refractivity contribution in [3.8, 4) is 5.75 Å². The molecule has 0 aliphatic carbocycles. The third-order valence-electron chi connectivity index (χ3n) is 3.24. The predicted molar refractivity (Wildman–Crippen MR) is 71.5 cm³/mol. The predicted octanol–water partition coefficient (Wildman–Crippen LogP) is 4.16. The second-order valence-corrected chi connectivity index (χ2v) is 4.65. The minimum atomic E-state index is 0.217. The normalized spacial score (nSPS) is 12.4. The van der Waals surface area contributed by atoms with Crippen LogP contribution < -0.4 is 0 Å². The number of hydrogen-bond donors (Lipinski definition) is 1. The van der Waals surface area contributed by atoms with Gasteiger partial charge >= 0.3 is 0 Å². The summed E-state index contributed by atoms with van der Waals surface area (Å²) in [6.07, 6.45) is 0. The fourth-order valence-corrected chi connectivity index (χ4v) is 2.24. The molecule has 1 N–H and O–H groups in total. The Kier molecular flexibility index (Phi) is 3.19. The molecule has 0 aliphatic heterocycles. The first-order chi connectivity index (χ1) is 8.09. The van der Waals surface area contributed by atoms with E-state index in [0.29, 0.717) is 5.75 Å². The fraction of sp³-hybridized carbons (Fsp3) is 0.250. The zero-order valence-electron chi connectivity index (χ0n) is 10.6. The maximum atomic E-state index is 10.2. The van der Waals surface area contributed by atoms with E-state index in [4.69, 9.17) is 0 Å². The Morgan fingerprint density at radius 3 is 2.29 bits per heavy atom. The SMILES string of the molecule is Cc1cc(C)c(O)c([C@@H](C)c2ccccc2)c1. The highest BCUT2D eigenvalue weighted by atomic mass is 16.3. The third-order valence-corrected chi connectivity index (χ3v) is 3.24. The van der Waals surface area contributed by atoms with Crippen LogP contribution in [0, 0.1) is 13.8 Å². The van der Waals surface area contributed by atoms with Gasteiger partial charge < -0.3 is 5.11 Å².